The van der Waals surface area contributed by atoms with Gasteiger partial charge in [0.15, 0.2) is 0 Å². The number of hydrogen-bond donors (Lipinski definition) is 1. The molecule has 0 atom stereocenters. The monoisotopic (exact) mass is 328 g/mol. The lowest BCUT2D eigenvalue weighted by Crippen LogP contribution is -2.13. The van der Waals surface area contributed by atoms with Crippen molar-refractivity contribution in [1.29, 1.82) is 0 Å². The second-order valence-electron chi connectivity index (χ2n) is 4.00. The van der Waals surface area contributed by atoms with E-state index in [1.807, 2.05) is 0 Å². The zero-order chi connectivity index (χ0) is 15.6. The SMILES string of the molecule is O=C(Nc1ccc(Cl)cc1F)c1ccc([N+](=O)[O-])c(Cl)c1. The molecule has 108 valence electrons. The number of carbonyl (C=O) groups excluding carboxylic acids is 1. The summed E-state index contributed by atoms with van der Waals surface area (Å²) in [5, 5.41) is 13.0. The first kappa shape index (κ1) is 15.2. The largest absolute Gasteiger partial charge is 0.319 e. The molecule has 1 amide bonds. The molecule has 0 aliphatic rings. The van der Waals surface area contributed by atoms with Crippen molar-refractivity contribution >= 4 is 40.5 Å². The second kappa shape index (κ2) is 6.07. The van der Waals surface area contributed by atoms with E-state index < -0.39 is 16.6 Å². The number of nitrogens with zero attached hydrogens (tertiary/aromatic N) is 1. The molecule has 2 aromatic rings. The fourth-order valence-corrected chi connectivity index (χ4v) is 1.99. The molecule has 0 aliphatic carbocycles. The quantitative estimate of drug-likeness (QED) is 0.674. The number of nitro groups is 1. The van der Waals surface area contributed by atoms with Crippen molar-refractivity contribution < 1.29 is 14.1 Å². The summed E-state index contributed by atoms with van der Waals surface area (Å²) in [7, 11) is 0. The van der Waals surface area contributed by atoms with Crippen LogP contribution in [0.25, 0.3) is 0 Å². The Kier molecular flexibility index (Phi) is 4.40. The van der Waals surface area contributed by atoms with Crippen molar-refractivity contribution in [3.63, 3.8) is 0 Å². The Hall–Kier alpha value is -2.18. The maximum atomic E-state index is 13.6. The highest BCUT2D eigenvalue weighted by atomic mass is 35.5. The van der Waals surface area contributed by atoms with Crippen LogP contribution in [-0.2, 0) is 0 Å². The third-order valence-electron chi connectivity index (χ3n) is 2.59. The van der Waals surface area contributed by atoms with Gasteiger partial charge in [-0.1, -0.05) is 23.2 Å². The topological polar surface area (TPSA) is 72.2 Å². The lowest BCUT2D eigenvalue weighted by atomic mass is 10.2. The molecule has 8 heteroatoms. The molecule has 0 radical (unpaired) electrons. The average Bonchev–Trinajstić information content (AvgIpc) is 2.41. The molecule has 0 bridgehead atoms. The van der Waals surface area contributed by atoms with Crippen LogP contribution in [0.4, 0.5) is 15.8 Å². The predicted octanol–water partition coefficient (Wildman–Crippen LogP) is 4.29. The van der Waals surface area contributed by atoms with Crippen LogP contribution in [-0.4, -0.2) is 10.8 Å². The molecular formula is C13H7Cl2FN2O3. The summed E-state index contributed by atoms with van der Waals surface area (Å²) < 4.78 is 13.6. The molecule has 0 unspecified atom stereocenters. The predicted molar refractivity (Wildman–Crippen MR) is 77.5 cm³/mol. The Morgan fingerprint density at radius 3 is 2.48 bits per heavy atom. The van der Waals surface area contributed by atoms with E-state index in [4.69, 9.17) is 23.2 Å². The Labute approximate surface area is 128 Å². The number of halogens is 3. The summed E-state index contributed by atoms with van der Waals surface area (Å²) in [4.78, 5) is 21.9. The summed E-state index contributed by atoms with van der Waals surface area (Å²) in [6, 6.07) is 7.26. The number of amides is 1. The molecule has 0 spiro atoms. The van der Waals surface area contributed by atoms with Crippen LogP contribution in [0.2, 0.25) is 10.0 Å². The van der Waals surface area contributed by atoms with Gasteiger partial charge in [-0.25, -0.2) is 4.39 Å². The summed E-state index contributed by atoms with van der Waals surface area (Å²) in [6.45, 7) is 0. The standard InChI is InChI=1S/C13H7Cl2FN2O3/c14-8-2-3-11(10(16)6-8)17-13(19)7-1-4-12(18(20)21)9(15)5-7/h1-6H,(H,17,19). The molecular weight excluding hydrogens is 322 g/mol. The summed E-state index contributed by atoms with van der Waals surface area (Å²) in [6.07, 6.45) is 0. The molecule has 1 N–H and O–H groups in total. The van der Waals surface area contributed by atoms with Crippen LogP contribution in [0.15, 0.2) is 36.4 Å². The summed E-state index contributed by atoms with van der Waals surface area (Å²) in [5.41, 5.74) is -0.301. The van der Waals surface area contributed by atoms with Crippen LogP contribution in [0, 0.1) is 15.9 Å². The molecule has 0 heterocycles. The van der Waals surface area contributed by atoms with Crippen molar-refractivity contribution in [3.8, 4) is 0 Å². The van der Waals surface area contributed by atoms with Gasteiger partial charge in [0, 0.05) is 16.7 Å². The molecule has 0 saturated carbocycles. The van der Waals surface area contributed by atoms with E-state index >= 15 is 0 Å². The maximum Gasteiger partial charge on any atom is 0.287 e. The minimum atomic E-state index is -0.691. The van der Waals surface area contributed by atoms with E-state index in [0.717, 1.165) is 18.2 Å². The van der Waals surface area contributed by atoms with Gasteiger partial charge in [-0.3, -0.25) is 14.9 Å². The first-order chi connectivity index (χ1) is 9.88. The number of hydrogen-bond acceptors (Lipinski definition) is 3. The number of nitrogens with one attached hydrogen (secondary N) is 1. The Bertz CT molecular complexity index is 737. The fraction of sp³-hybridized carbons (Fsp3) is 0. The second-order valence-corrected chi connectivity index (χ2v) is 4.85. The highest BCUT2D eigenvalue weighted by Crippen LogP contribution is 2.26. The number of rotatable bonds is 3. The molecule has 2 rings (SSSR count). The Balaban J connectivity index is 2.24. The van der Waals surface area contributed by atoms with Gasteiger partial charge in [0.2, 0.25) is 0 Å². The van der Waals surface area contributed by atoms with E-state index in [1.165, 1.54) is 18.2 Å². The van der Waals surface area contributed by atoms with Gasteiger partial charge in [-0.2, -0.15) is 0 Å². The van der Waals surface area contributed by atoms with Crippen molar-refractivity contribution in [2.75, 3.05) is 5.32 Å². The molecule has 0 fully saturated rings. The fourth-order valence-electron chi connectivity index (χ4n) is 1.58. The molecule has 0 aliphatic heterocycles. The first-order valence-corrected chi connectivity index (χ1v) is 6.34. The number of anilines is 1. The first-order valence-electron chi connectivity index (χ1n) is 5.59. The van der Waals surface area contributed by atoms with E-state index in [2.05, 4.69) is 5.32 Å². The van der Waals surface area contributed by atoms with Crippen molar-refractivity contribution in [2.24, 2.45) is 0 Å². The zero-order valence-corrected chi connectivity index (χ0v) is 11.8. The molecule has 5 nitrogen and oxygen atoms in total. The van der Waals surface area contributed by atoms with Gasteiger partial charge in [-0.15, -0.1) is 0 Å². The molecule has 0 saturated heterocycles. The number of nitro benzene ring substituents is 1. The third-order valence-corrected chi connectivity index (χ3v) is 3.12. The summed E-state index contributed by atoms with van der Waals surface area (Å²) in [5.74, 6) is -1.34. The molecule has 0 aromatic heterocycles. The third kappa shape index (κ3) is 3.48. The van der Waals surface area contributed by atoms with Crippen molar-refractivity contribution in [3.05, 3.63) is 67.9 Å². The number of carbonyl (C=O) groups is 1. The van der Waals surface area contributed by atoms with Crippen LogP contribution in [0.3, 0.4) is 0 Å². The van der Waals surface area contributed by atoms with Crippen LogP contribution in [0.5, 0.6) is 0 Å². The maximum absolute atomic E-state index is 13.6. The Morgan fingerprint density at radius 2 is 1.90 bits per heavy atom. The normalized spacial score (nSPS) is 10.2. The van der Waals surface area contributed by atoms with E-state index in [-0.39, 0.29) is 27.0 Å². The van der Waals surface area contributed by atoms with Gasteiger partial charge >= 0.3 is 0 Å². The highest BCUT2D eigenvalue weighted by Gasteiger charge is 2.16. The highest BCUT2D eigenvalue weighted by molar-refractivity contribution is 6.33. The smallest absolute Gasteiger partial charge is 0.287 e. The molecule has 2 aromatic carbocycles. The minimum absolute atomic E-state index is 0.0566. The lowest BCUT2D eigenvalue weighted by Gasteiger charge is -2.07. The minimum Gasteiger partial charge on any atom is -0.319 e. The lowest BCUT2D eigenvalue weighted by molar-refractivity contribution is -0.384. The van der Waals surface area contributed by atoms with Gasteiger partial charge in [0.05, 0.1) is 10.6 Å². The Morgan fingerprint density at radius 1 is 1.19 bits per heavy atom. The average molecular weight is 329 g/mol. The van der Waals surface area contributed by atoms with Crippen LogP contribution < -0.4 is 5.32 Å². The van der Waals surface area contributed by atoms with Crippen LogP contribution >= 0.6 is 23.2 Å². The van der Waals surface area contributed by atoms with Crippen molar-refractivity contribution in [1.82, 2.24) is 0 Å². The zero-order valence-electron chi connectivity index (χ0n) is 10.3. The van der Waals surface area contributed by atoms with Gasteiger partial charge < -0.3 is 5.32 Å². The number of benzene rings is 2. The van der Waals surface area contributed by atoms with Gasteiger partial charge in [0.25, 0.3) is 11.6 Å². The van der Waals surface area contributed by atoms with Crippen LogP contribution in [0.1, 0.15) is 10.4 Å². The van der Waals surface area contributed by atoms with Crippen molar-refractivity contribution in [2.45, 2.75) is 0 Å². The van der Waals surface area contributed by atoms with E-state index in [1.54, 1.807) is 0 Å². The summed E-state index contributed by atoms with van der Waals surface area (Å²) >= 11 is 11.3. The van der Waals surface area contributed by atoms with Gasteiger partial charge in [0.1, 0.15) is 10.8 Å². The van der Waals surface area contributed by atoms with Gasteiger partial charge in [-0.05, 0) is 30.3 Å². The molecule has 21 heavy (non-hydrogen) atoms. The van der Waals surface area contributed by atoms with E-state index in [9.17, 15) is 19.3 Å². The van der Waals surface area contributed by atoms with E-state index in [0.29, 0.717) is 0 Å².